The molecule has 0 fully saturated rings. The zero-order valence-corrected chi connectivity index (χ0v) is 10.9. The molecule has 1 aromatic heterocycles. The van der Waals surface area contributed by atoms with E-state index < -0.39 is 0 Å². The predicted molar refractivity (Wildman–Crippen MR) is 74.3 cm³/mol. The van der Waals surface area contributed by atoms with E-state index in [1.165, 1.54) is 10.9 Å². The maximum Gasteiger partial charge on any atom is 0.271 e. The quantitative estimate of drug-likeness (QED) is 0.661. The van der Waals surface area contributed by atoms with Gasteiger partial charge in [0.05, 0.1) is 4.92 Å². The van der Waals surface area contributed by atoms with Crippen LogP contribution in [0.5, 0.6) is 0 Å². The minimum absolute atomic E-state index is 0.124. The molecule has 1 aromatic carbocycles. The fourth-order valence-electron chi connectivity index (χ4n) is 1.69. The van der Waals surface area contributed by atoms with Crippen LogP contribution in [0.4, 0.5) is 11.4 Å². The molecule has 94 valence electrons. The normalized spacial score (nSPS) is 10.3. The summed E-state index contributed by atoms with van der Waals surface area (Å²) in [7, 11) is 0. The van der Waals surface area contributed by atoms with Crippen molar-refractivity contribution in [2.75, 3.05) is 11.9 Å². The van der Waals surface area contributed by atoms with Crippen LogP contribution in [0, 0.1) is 17.0 Å². The van der Waals surface area contributed by atoms with Gasteiger partial charge in [-0.15, -0.1) is 11.3 Å². The van der Waals surface area contributed by atoms with E-state index in [4.69, 9.17) is 0 Å². The zero-order chi connectivity index (χ0) is 13.0. The van der Waals surface area contributed by atoms with Crippen LogP contribution in [0.2, 0.25) is 0 Å². The van der Waals surface area contributed by atoms with Crippen molar-refractivity contribution >= 4 is 22.7 Å². The fraction of sp³-hybridized carbons (Fsp3) is 0.231. The van der Waals surface area contributed by atoms with Crippen molar-refractivity contribution in [1.29, 1.82) is 0 Å². The van der Waals surface area contributed by atoms with Gasteiger partial charge in [0, 0.05) is 29.2 Å². The Bertz CT molecular complexity index is 538. The van der Waals surface area contributed by atoms with Gasteiger partial charge in [-0.2, -0.15) is 0 Å². The molecule has 1 N–H and O–H groups in total. The summed E-state index contributed by atoms with van der Waals surface area (Å²) in [6.07, 6.45) is 0.930. The van der Waals surface area contributed by atoms with Gasteiger partial charge >= 0.3 is 0 Å². The van der Waals surface area contributed by atoms with Crippen LogP contribution in [0.25, 0.3) is 0 Å². The second-order valence-corrected chi connectivity index (χ2v) is 5.04. The summed E-state index contributed by atoms with van der Waals surface area (Å²) < 4.78 is 0. The monoisotopic (exact) mass is 262 g/mol. The summed E-state index contributed by atoms with van der Waals surface area (Å²) in [5, 5.41) is 16.0. The summed E-state index contributed by atoms with van der Waals surface area (Å²) in [6.45, 7) is 2.72. The van der Waals surface area contributed by atoms with Gasteiger partial charge in [0.15, 0.2) is 0 Å². The Morgan fingerprint density at radius 2 is 2.22 bits per heavy atom. The summed E-state index contributed by atoms with van der Waals surface area (Å²) in [6, 6.07) is 9.00. The first-order chi connectivity index (χ1) is 8.66. The number of aryl methyl sites for hydroxylation is 1. The van der Waals surface area contributed by atoms with Gasteiger partial charge in [0.25, 0.3) is 5.69 Å². The van der Waals surface area contributed by atoms with Crippen LogP contribution in [0.1, 0.15) is 10.4 Å². The molecule has 0 aliphatic heterocycles. The van der Waals surface area contributed by atoms with Crippen LogP contribution in [-0.4, -0.2) is 11.5 Å². The first kappa shape index (κ1) is 12.6. The van der Waals surface area contributed by atoms with Crippen molar-refractivity contribution in [3.63, 3.8) is 0 Å². The smallest absolute Gasteiger partial charge is 0.271 e. The van der Waals surface area contributed by atoms with Crippen molar-refractivity contribution in [2.24, 2.45) is 0 Å². The van der Waals surface area contributed by atoms with Gasteiger partial charge in [0.2, 0.25) is 0 Å². The molecule has 0 bridgehead atoms. The third-order valence-corrected chi connectivity index (χ3v) is 3.64. The van der Waals surface area contributed by atoms with E-state index >= 15 is 0 Å². The van der Waals surface area contributed by atoms with Crippen molar-refractivity contribution in [3.05, 3.63) is 56.3 Å². The number of nitrogens with zero attached hydrogens (tertiary/aromatic N) is 1. The van der Waals surface area contributed by atoms with Gasteiger partial charge in [-0.3, -0.25) is 10.1 Å². The Morgan fingerprint density at radius 1 is 1.39 bits per heavy atom. The molecule has 2 aromatic rings. The number of anilines is 1. The van der Waals surface area contributed by atoms with Crippen LogP contribution in [-0.2, 0) is 6.42 Å². The second kappa shape index (κ2) is 5.64. The SMILES string of the molecule is Cc1ccc([N+](=O)[O-])cc1NCCc1cccs1. The van der Waals surface area contributed by atoms with Crippen molar-refractivity contribution < 1.29 is 4.92 Å². The van der Waals surface area contributed by atoms with Crippen LogP contribution in [0.3, 0.4) is 0 Å². The average Bonchev–Trinajstić information content (AvgIpc) is 2.84. The molecule has 18 heavy (non-hydrogen) atoms. The number of rotatable bonds is 5. The van der Waals surface area contributed by atoms with E-state index in [0.29, 0.717) is 0 Å². The molecule has 0 saturated heterocycles. The van der Waals surface area contributed by atoms with Crippen molar-refractivity contribution in [2.45, 2.75) is 13.3 Å². The van der Waals surface area contributed by atoms with Crippen LogP contribution < -0.4 is 5.32 Å². The number of benzene rings is 1. The molecule has 0 spiro atoms. The standard InChI is InChI=1S/C13H14N2O2S/c1-10-4-5-11(15(16)17)9-13(10)14-7-6-12-3-2-8-18-12/h2-5,8-9,14H,6-7H2,1H3. The number of hydrogen-bond donors (Lipinski definition) is 1. The van der Waals surface area contributed by atoms with E-state index in [-0.39, 0.29) is 10.6 Å². The molecule has 1 heterocycles. The van der Waals surface area contributed by atoms with Crippen LogP contribution >= 0.6 is 11.3 Å². The lowest BCUT2D eigenvalue weighted by Gasteiger charge is -2.08. The molecule has 4 nitrogen and oxygen atoms in total. The number of hydrogen-bond acceptors (Lipinski definition) is 4. The van der Waals surface area contributed by atoms with E-state index in [1.54, 1.807) is 23.5 Å². The number of non-ortho nitro benzene ring substituents is 1. The lowest BCUT2D eigenvalue weighted by atomic mass is 10.2. The Hall–Kier alpha value is -1.88. The van der Waals surface area contributed by atoms with E-state index in [1.807, 2.05) is 18.4 Å². The molecule has 0 aliphatic carbocycles. The van der Waals surface area contributed by atoms with Gasteiger partial charge < -0.3 is 5.32 Å². The lowest BCUT2D eigenvalue weighted by Crippen LogP contribution is -2.05. The maximum atomic E-state index is 10.7. The predicted octanol–water partition coefficient (Wildman–Crippen LogP) is 3.62. The topological polar surface area (TPSA) is 55.2 Å². The van der Waals surface area contributed by atoms with Gasteiger partial charge in [-0.25, -0.2) is 0 Å². The van der Waals surface area contributed by atoms with Gasteiger partial charge in [-0.1, -0.05) is 12.1 Å². The molecule has 5 heteroatoms. The summed E-state index contributed by atoms with van der Waals surface area (Å²) in [5.41, 5.74) is 1.98. The minimum Gasteiger partial charge on any atom is -0.384 e. The molecule has 0 saturated carbocycles. The number of nitrogens with one attached hydrogen (secondary N) is 1. The molecule has 2 rings (SSSR count). The number of thiophene rings is 1. The molecule has 0 unspecified atom stereocenters. The highest BCUT2D eigenvalue weighted by molar-refractivity contribution is 7.09. The summed E-state index contributed by atoms with van der Waals surface area (Å²) in [5.74, 6) is 0. The average molecular weight is 262 g/mol. The Morgan fingerprint density at radius 3 is 2.89 bits per heavy atom. The Labute approximate surface area is 109 Å². The molecular weight excluding hydrogens is 248 g/mol. The largest absolute Gasteiger partial charge is 0.384 e. The third kappa shape index (κ3) is 3.07. The number of nitro groups is 1. The zero-order valence-electron chi connectivity index (χ0n) is 10.1. The van der Waals surface area contributed by atoms with Gasteiger partial charge in [-0.05, 0) is 30.4 Å². The molecule has 0 aliphatic rings. The van der Waals surface area contributed by atoms with Crippen molar-refractivity contribution in [1.82, 2.24) is 0 Å². The summed E-state index contributed by atoms with van der Waals surface area (Å²) in [4.78, 5) is 11.6. The first-order valence-corrected chi connectivity index (χ1v) is 6.56. The highest BCUT2D eigenvalue weighted by Gasteiger charge is 2.08. The van der Waals surface area contributed by atoms with Crippen LogP contribution in [0.15, 0.2) is 35.7 Å². The highest BCUT2D eigenvalue weighted by atomic mass is 32.1. The maximum absolute atomic E-state index is 10.7. The van der Waals surface area contributed by atoms with Crippen molar-refractivity contribution in [3.8, 4) is 0 Å². The fourth-order valence-corrected chi connectivity index (χ4v) is 2.40. The van der Waals surface area contributed by atoms with E-state index in [0.717, 1.165) is 24.2 Å². The highest BCUT2D eigenvalue weighted by Crippen LogP contribution is 2.21. The van der Waals surface area contributed by atoms with E-state index in [2.05, 4.69) is 11.4 Å². The third-order valence-electron chi connectivity index (χ3n) is 2.70. The minimum atomic E-state index is -0.371. The second-order valence-electron chi connectivity index (χ2n) is 4.01. The summed E-state index contributed by atoms with van der Waals surface area (Å²) >= 11 is 1.72. The Kier molecular flexibility index (Phi) is 3.94. The van der Waals surface area contributed by atoms with E-state index in [9.17, 15) is 10.1 Å². The molecular formula is C13H14N2O2S. The Balaban J connectivity index is 2.00. The molecule has 0 amide bonds. The first-order valence-electron chi connectivity index (χ1n) is 5.68. The van der Waals surface area contributed by atoms with Gasteiger partial charge in [0.1, 0.15) is 0 Å². The number of nitro benzene ring substituents is 1. The lowest BCUT2D eigenvalue weighted by molar-refractivity contribution is -0.384. The molecule has 0 radical (unpaired) electrons. The molecule has 0 atom stereocenters.